The van der Waals surface area contributed by atoms with Crippen LogP contribution in [0.5, 0.6) is 0 Å². The van der Waals surface area contributed by atoms with Gasteiger partial charge >= 0.3 is 5.97 Å². The Hall–Kier alpha value is -2.60. The molecule has 0 saturated heterocycles. The summed E-state index contributed by atoms with van der Waals surface area (Å²) in [6.45, 7) is 3.98. The first kappa shape index (κ1) is 16.3. The molecule has 0 aliphatic carbocycles. The van der Waals surface area contributed by atoms with Crippen LogP contribution in [0.15, 0.2) is 35.7 Å². The van der Waals surface area contributed by atoms with Crippen LogP contribution in [0.1, 0.15) is 21.6 Å². The first-order valence-corrected chi connectivity index (χ1v) is 8.39. The Balaban J connectivity index is 1.88. The minimum absolute atomic E-state index is 0.0536. The van der Waals surface area contributed by atoms with E-state index in [4.69, 9.17) is 4.74 Å². The normalized spacial score (nSPS) is 10.8. The number of carbonyl (C=O) groups excluding carboxylic acids is 2. The van der Waals surface area contributed by atoms with Gasteiger partial charge < -0.3 is 14.6 Å². The predicted molar refractivity (Wildman–Crippen MR) is 95.7 cm³/mol. The molecule has 0 radical (unpaired) electrons. The van der Waals surface area contributed by atoms with E-state index in [1.54, 1.807) is 10.6 Å². The van der Waals surface area contributed by atoms with Gasteiger partial charge in [-0.05, 0) is 48.6 Å². The van der Waals surface area contributed by atoms with E-state index in [-0.39, 0.29) is 12.5 Å². The molecule has 5 nitrogen and oxygen atoms in total. The zero-order valence-electron chi connectivity index (χ0n) is 13.8. The van der Waals surface area contributed by atoms with Crippen LogP contribution in [0, 0.1) is 13.8 Å². The Labute approximate surface area is 143 Å². The maximum atomic E-state index is 12.5. The molecular weight excluding hydrogens is 324 g/mol. The molecule has 0 saturated carbocycles. The predicted octanol–water partition coefficient (Wildman–Crippen LogP) is 3.74. The molecule has 0 fully saturated rings. The number of benzene rings is 1. The number of rotatable bonds is 4. The summed E-state index contributed by atoms with van der Waals surface area (Å²) < 4.78 is 7.47. The molecule has 24 heavy (non-hydrogen) atoms. The lowest BCUT2D eigenvalue weighted by Gasteiger charge is -2.12. The van der Waals surface area contributed by atoms with Crippen molar-refractivity contribution in [2.75, 3.05) is 12.4 Å². The highest BCUT2D eigenvalue weighted by Gasteiger charge is 2.19. The van der Waals surface area contributed by atoms with E-state index in [0.29, 0.717) is 5.69 Å². The molecule has 0 unspecified atom stereocenters. The van der Waals surface area contributed by atoms with Gasteiger partial charge in [-0.25, -0.2) is 4.79 Å². The Morgan fingerprint density at radius 2 is 2.00 bits per heavy atom. The van der Waals surface area contributed by atoms with Gasteiger partial charge in [-0.1, -0.05) is 12.1 Å². The number of anilines is 1. The fourth-order valence-corrected chi connectivity index (χ4v) is 3.45. The number of esters is 1. The third-order valence-corrected chi connectivity index (χ3v) is 4.74. The van der Waals surface area contributed by atoms with E-state index >= 15 is 0 Å². The molecule has 2 aromatic heterocycles. The molecule has 2 heterocycles. The van der Waals surface area contributed by atoms with E-state index < -0.39 is 5.97 Å². The molecule has 1 N–H and O–H groups in total. The highest BCUT2D eigenvalue weighted by molar-refractivity contribution is 7.17. The minimum Gasteiger partial charge on any atom is -0.464 e. The van der Waals surface area contributed by atoms with Crippen LogP contribution in [-0.2, 0) is 16.1 Å². The van der Waals surface area contributed by atoms with Gasteiger partial charge in [0.25, 0.3) is 0 Å². The Morgan fingerprint density at radius 1 is 1.21 bits per heavy atom. The topological polar surface area (TPSA) is 60.3 Å². The number of amides is 1. The van der Waals surface area contributed by atoms with Crippen molar-refractivity contribution in [2.45, 2.75) is 20.4 Å². The lowest BCUT2D eigenvalue weighted by molar-refractivity contribution is -0.116. The molecule has 0 spiro atoms. The second-order valence-corrected chi connectivity index (χ2v) is 6.59. The van der Waals surface area contributed by atoms with Crippen molar-refractivity contribution >= 4 is 39.1 Å². The first-order chi connectivity index (χ1) is 11.5. The lowest BCUT2D eigenvalue weighted by Crippen LogP contribution is -2.22. The van der Waals surface area contributed by atoms with E-state index in [9.17, 15) is 9.59 Å². The number of aryl methyl sites for hydroxylation is 2. The van der Waals surface area contributed by atoms with Gasteiger partial charge in [0.2, 0.25) is 5.91 Å². The molecule has 0 bridgehead atoms. The number of nitrogens with zero attached hydrogens (tertiary/aromatic N) is 1. The van der Waals surface area contributed by atoms with Crippen molar-refractivity contribution in [2.24, 2.45) is 0 Å². The molecule has 124 valence electrons. The van der Waals surface area contributed by atoms with Crippen LogP contribution >= 0.6 is 11.3 Å². The van der Waals surface area contributed by atoms with Crippen LogP contribution in [0.4, 0.5) is 5.69 Å². The average Bonchev–Trinajstić information content (AvgIpc) is 3.13. The third-order valence-electron chi connectivity index (χ3n) is 3.89. The van der Waals surface area contributed by atoms with E-state index in [0.717, 1.165) is 27.0 Å². The van der Waals surface area contributed by atoms with Gasteiger partial charge in [-0.3, -0.25) is 4.79 Å². The average molecular weight is 342 g/mol. The minimum atomic E-state index is -0.446. The molecule has 0 atom stereocenters. The van der Waals surface area contributed by atoms with Gasteiger partial charge in [0.15, 0.2) is 0 Å². The lowest BCUT2D eigenvalue weighted by atomic mass is 10.1. The van der Waals surface area contributed by atoms with E-state index in [2.05, 4.69) is 5.32 Å². The zero-order chi connectivity index (χ0) is 17.3. The van der Waals surface area contributed by atoms with Crippen molar-refractivity contribution in [3.05, 3.63) is 52.5 Å². The number of aromatic nitrogens is 1. The van der Waals surface area contributed by atoms with Crippen LogP contribution in [0.25, 0.3) is 10.2 Å². The fraction of sp³-hybridized carbons (Fsp3) is 0.222. The van der Waals surface area contributed by atoms with Crippen molar-refractivity contribution in [1.82, 2.24) is 4.57 Å². The number of hydrogen-bond donors (Lipinski definition) is 1. The summed E-state index contributed by atoms with van der Waals surface area (Å²) in [5.74, 6) is -0.629. The summed E-state index contributed by atoms with van der Waals surface area (Å²) in [4.78, 5) is 24.5. The Bertz CT molecular complexity index is 924. The van der Waals surface area contributed by atoms with Crippen LogP contribution in [0.2, 0.25) is 0 Å². The Kier molecular flexibility index (Phi) is 4.40. The molecule has 0 aliphatic heterocycles. The molecule has 1 aromatic carbocycles. The van der Waals surface area contributed by atoms with Crippen molar-refractivity contribution in [3.8, 4) is 0 Å². The number of nitrogens with one attached hydrogen (secondary N) is 1. The Morgan fingerprint density at radius 3 is 2.75 bits per heavy atom. The van der Waals surface area contributed by atoms with Gasteiger partial charge in [0.1, 0.15) is 12.2 Å². The van der Waals surface area contributed by atoms with Gasteiger partial charge in [-0.2, -0.15) is 0 Å². The number of methoxy groups -OCH3 is 1. The molecule has 0 aliphatic rings. The maximum Gasteiger partial charge on any atom is 0.354 e. The smallest absolute Gasteiger partial charge is 0.354 e. The van der Waals surface area contributed by atoms with E-state index in [1.807, 2.05) is 43.5 Å². The van der Waals surface area contributed by atoms with Crippen molar-refractivity contribution in [3.63, 3.8) is 0 Å². The van der Waals surface area contributed by atoms with Gasteiger partial charge in [0.05, 0.1) is 17.3 Å². The van der Waals surface area contributed by atoms with Crippen LogP contribution < -0.4 is 5.32 Å². The SMILES string of the molecule is COC(=O)c1cc2sccc2n1CC(=O)Nc1cc(C)ccc1C. The molecule has 3 rings (SSSR count). The molecule has 3 aromatic rings. The summed E-state index contributed by atoms with van der Waals surface area (Å²) in [6.07, 6.45) is 0. The zero-order valence-corrected chi connectivity index (χ0v) is 14.6. The van der Waals surface area contributed by atoms with Crippen LogP contribution in [-0.4, -0.2) is 23.6 Å². The highest BCUT2D eigenvalue weighted by atomic mass is 32.1. The quantitative estimate of drug-likeness (QED) is 0.735. The highest BCUT2D eigenvalue weighted by Crippen LogP contribution is 2.26. The monoisotopic (exact) mass is 342 g/mol. The largest absolute Gasteiger partial charge is 0.464 e. The summed E-state index contributed by atoms with van der Waals surface area (Å²) in [7, 11) is 1.34. The molecular formula is C18H18N2O3S. The second-order valence-electron chi connectivity index (χ2n) is 5.64. The summed E-state index contributed by atoms with van der Waals surface area (Å²) in [5.41, 5.74) is 4.10. The second kappa shape index (κ2) is 6.49. The number of fused-ring (bicyclic) bond motifs is 1. The maximum absolute atomic E-state index is 12.5. The van der Waals surface area contributed by atoms with Gasteiger partial charge in [0, 0.05) is 5.69 Å². The molecule has 1 amide bonds. The standard InChI is InChI=1S/C18H18N2O3S/c1-11-4-5-12(2)13(8-11)19-17(21)10-20-14-6-7-24-16(14)9-15(20)18(22)23-3/h4-9H,10H2,1-3H3,(H,19,21). The number of carbonyl (C=O) groups is 2. The fourth-order valence-electron chi connectivity index (χ4n) is 2.62. The number of hydrogen-bond acceptors (Lipinski definition) is 4. The molecule has 6 heteroatoms. The third kappa shape index (κ3) is 3.05. The van der Waals surface area contributed by atoms with Crippen LogP contribution in [0.3, 0.4) is 0 Å². The summed E-state index contributed by atoms with van der Waals surface area (Å²) >= 11 is 1.53. The van der Waals surface area contributed by atoms with Crippen molar-refractivity contribution in [1.29, 1.82) is 0 Å². The van der Waals surface area contributed by atoms with Gasteiger partial charge in [-0.15, -0.1) is 11.3 Å². The summed E-state index contributed by atoms with van der Waals surface area (Å²) in [5, 5.41) is 4.86. The number of ether oxygens (including phenoxy) is 1. The van der Waals surface area contributed by atoms with Crippen molar-refractivity contribution < 1.29 is 14.3 Å². The summed E-state index contributed by atoms with van der Waals surface area (Å²) in [6, 6.07) is 9.57. The van der Waals surface area contributed by atoms with E-state index in [1.165, 1.54) is 18.4 Å². The number of thiophene rings is 1. The first-order valence-electron chi connectivity index (χ1n) is 7.51.